The average molecular weight is 438 g/mol. The molecule has 158 valence electrons. The van der Waals surface area contributed by atoms with Crippen LogP contribution in [0.2, 0.25) is 0 Å². The molecular weight excluding hydrogens is 410 g/mol. The van der Waals surface area contributed by atoms with E-state index >= 15 is 0 Å². The summed E-state index contributed by atoms with van der Waals surface area (Å²) < 4.78 is 28.7. The van der Waals surface area contributed by atoms with E-state index in [0.717, 1.165) is 18.4 Å². The van der Waals surface area contributed by atoms with E-state index in [0.29, 0.717) is 47.8 Å². The first kappa shape index (κ1) is 21.8. The molecule has 1 aromatic heterocycles. The zero-order valence-corrected chi connectivity index (χ0v) is 18.7. The lowest BCUT2D eigenvalue weighted by Gasteiger charge is -2.17. The van der Waals surface area contributed by atoms with Gasteiger partial charge in [-0.2, -0.15) is 4.31 Å². The van der Waals surface area contributed by atoms with E-state index in [1.54, 1.807) is 29.2 Å². The van der Waals surface area contributed by atoms with Gasteiger partial charge in [-0.05, 0) is 51.0 Å². The monoisotopic (exact) mass is 437 g/mol. The van der Waals surface area contributed by atoms with Crippen molar-refractivity contribution >= 4 is 27.7 Å². The molecule has 3 rings (SSSR count). The van der Waals surface area contributed by atoms with Gasteiger partial charge in [-0.1, -0.05) is 11.8 Å². The van der Waals surface area contributed by atoms with E-state index in [2.05, 4.69) is 10.2 Å². The molecule has 8 nitrogen and oxygen atoms in total. The molecule has 2 heterocycles. The smallest absolute Gasteiger partial charge is 0.243 e. The molecule has 1 fully saturated rings. The van der Waals surface area contributed by atoms with Crippen molar-refractivity contribution in [1.82, 2.24) is 24.0 Å². The van der Waals surface area contributed by atoms with Gasteiger partial charge in [-0.15, -0.1) is 10.2 Å². The highest BCUT2D eigenvalue weighted by atomic mass is 32.2. The van der Waals surface area contributed by atoms with Gasteiger partial charge in [0, 0.05) is 38.8 Å². The van der Waals surface area contributed by atoms with Crippen LogP contribution in [0.4, 0.5) is 0 Å². The summed E-state index contributed by atoms with van der Waals surface area (Å²) >= 11 is 1.35. The quantitative estimate of drug-likeness (QED) is 0.589. The van der Waals surface area contributed by atoms with Gasteiger partial charge in [0.15, 0.2) is 11.0 Å². The van der Waals surface area contributed by atoms with Crippen LogP contribution in [0.15, 0.2) is 34.3 Å². The van der Waals surface area contributed by atoms with Crippen molar-refractivity contribution < 1.29 is 13.2 Å². The fourth-order valence-electron chi connectivity index (χ4n) is 3.34. The Bertz CT molecular complexity index is 947. The van der Waals surface area contributed by atoms with Crippen molar-refractivity contribution in [2.45, 2.75) is 36.7 Å². The minimum Gasteiger partial charge on any atom is -0.343 e. The third kappa shape index (κ3) is 4.65. The standard InChI is InChI=1S/C19H27N5O3S2/c1-4-23(5-2)17(25)14-28-19-21-20-18(22(19)3)15-8-10-16(11-9-15)29(26,27)24-12-6-7-13-24/h8-11H,4-7,12-14H2,1-3H3. The summed E-state index contributed by atoms with van der Waals surface area (Å²) in [6.07, 6.45) is 1.82. The van der Waals surface area contributed by atoms with Crippen LogP contribution in [-0.2, 0) is 21.9 Å². The summed E-state index contributed by atoms with van der Waals surface area (Å²) in [5.74, 6) is 1.01. The van der Waals surface area contributed by atoms with Crippen molar-refractivity contribution in [3.8, 4) is 11.4 Å². The number of thioether (sulfide) groups is 1. The Morgan fingerprint density at radius 1 is 1.10 bits per heavy atom. The normalized spacial score (nSPS) is 15.0. The molecule has 0 radical (unpaired) electrons. The number of sulfonamides is 1. The Morgan fingerprint density at radius 3 is 2.31 bits per heavy atom. The first-order valence-corrected chi connectivity index (χ1v) is 12.2. The predicted octanol–water partition coefficient (Wildman–Crippen LogP) is 2.23. The molecule has 0 aliphatic carbocycles. The zero-order chi connectivity index (χ0) is 21.0. The molecule has 10 heteroatoms. The molecule has 0 unspecified atom stereocenters. The van der Waals surface area contributed by atoms with Gasteiger partial charge in [0.05, 0.1) is 10.6 Å². The van der Waals surface area contributed by atoms with Gasteiger partial charge in [-0.25, -0.2) is 8.42 Å². The summed E-state index contributed by atoms with van der Waals surface area (Å²) in [6, 6.07) is 6.74. The Morgan fingerprint density at radius 2 is 1.72 bits per heavy atom. The van der Waals surface area contributed by atoms with Crippen molar-refractivity contribution in [1.29, 1.82) is 0 Å². The molecule has 1 amide bonds. The largest absolute Gasteiger partial charge is 0.343 e. The molecule has 2 aromatic rings. The van der Waals surface area contributed by atoms with E-state index in [1.807, 2.05) is 25.5 Å². The van der Waals surface area contributed by atoms with Gasteiger partial charge in [0.2, 0.25) is 15.9 Å². The Labute approximate surface area is 176 Å². The number of hydrogen-bond donors (Lipinski definition) is 0. The molecule has 0 N–H and O–H groups in total. The average Bonchev–Trinajstić information content (AvgIpc) is 3.38. The summed E-state index contributed by atoms with van der Waals surface area (Å²) in [6.45, 7) is 6.46. The minimum absolute atomic E-state index is 0.0704. The second-order valence-electron chi connectivity index (χ2n) is 6.86. The number of nitrogens with zero attached hydrogens (tertiary/aromatic N) is 5. The van der Waals surface area contributed by atoms with Crippen LogP contribution in [0.25, 0.3) is 11.4 Å². The SMILES string of the molecule is CCN(CC)C(=O)CSc1nnc(-c2ccc(S(=O)(=O)N3CCCC3)cc2)n1C. The van der Waals surface area contributed by atoms with E-state index in [1.165, 1.54) is 16.1 Å². The Balaban J connectivity index is 1.72. The summed E-state index contributed by atoms with van der Waals surface area (Å²) in [5.41, 5.74) is 0.780. The highest BCUT2D eigenvalue weighted by Gasteiger charge is 2.27. The molecule has 0 bridgehead atoms. The number of rotatable bonds is 8. The van der Waals surface area contributed by atoms with Crippen LogP contribution in [0.5, 0.6) is 0 Å². The minimum atomic E-state index is -3.43. The first-order chi connectivity index (χ1) is 13.9. The fraction of sp³-hybridized carbons (Fsp3) is 0.526. The molecular formula is C19H27N5O3S2. The molecule has 0 spiro atoms. The third-order valence-electron chi connectivity index (χ3n) is 5.09. The number of hydrogen-bond acceptors (Lipinski definition) is 6. The summed E-state index contributed by atoms with van der Waals surface area (Å²) in [5, 5.41) is 9.06. The first-order valence-electron chi connectivity index (χ1n) is 9.79. The number of amides is 1. The lowest BCUT2D eigenvalue weighted by molar-refractivity contribution is -0.127. The topological polar surface area (TPSA) is 88.4 Å². The maximum absolute atomic E-state index is 12.7. The number of carbonyl (C=O) groups excluding carboxylic acids is 1. The fourth-order valence-corrected chi connectivity index (χ4v) is 5.67. The second-order valence-corrected chi connectivity index (χ2v) is 9.74. The van der Waals surface area contributed by atoms with Gasteiger partial charge in [-0.3, -0.25) is 4.79 Å². The van der Waals surface area contributed by atoms with Crippen molar-refractivity contribution in [2.75, 3.05) is 31.9 Å². The zero-order valence-electron chi connectivity index (χ0n) is 17.0. The van der Waals surface area contributed by atoms with Crippen LogP contribution < -0.4 is 0 Å². The van der Waals surface area contributed by atoms with E-state index in [4.69, 9.17) is 0 Å². The summed E-state index contributed by atoms with van der Waals surface area (Å²) in [4.78, 5) is 14.3. The van der Waals surface area contributed by atoms with Crippen LogP contribution in [-0.4, -0.2) is 70.2 Å². The van der Waals surface area contributed by atoms with Gasteiger partial charge in [0.25, 0.3) is 0 Å². The predicted molar refractivity (Wildman–Crippen MR) is 113 cm³/mol. The van der Waals surface area contributed by atoms with Crippen molar-refractivity contribution in [3.63, 3.8) is 0 Å². The Hall–Kier alpha value is -1.91. The highest BCUT2D eigenvalue weighted by molar-refractivity contribution is 7.99. The molecule has 1 aliphatic rings. The highest BCUT2D eigenvalue weighted by Crippen LogP contribution is 2.26. The van der Waals surface area contributed by atoms with Crippen LogP contribution in [0.3, 0.4) is 0 Å². The number of carbonyl (C=O) groups is 1. The van der Waals surface area contributed by atoms with E-state index < -0.39 is 10.0 Å². The van der Waals surface area contributed by atoms with Crippen LogP contribution in [0, 0.1) is 0 Å². The maximum atomic E-state index is 12.7. The number of aromatic nitrogens is 3. The third-order valence-corrected chi connectivity index (χ3v) is 8.01. The molecule has 1 aliphatic heterocycles. The summed E-state index contributed by atoms with van der Waals surface area (Å²) in [7, 11) is -1.59. The van der Waals surface area contributed by atoms with Crippen LogP contribution >= 0.6 is 11.8 Å². The van der Waals surface area contributed by atoms with Gasteiger partial charge in [0.1, 0.15) is 0 Å². The van der Waals surface area contributed by atoms with Crippen molar-refractivity contribution in [3.05, 3.63) is 24.3 Å². The molecule has 29 heavy (non-hydrogen) atoms. The maximum Gasteiger partial charge on any atom is 0.243 e. The van der Waals surface area contributed by atoms with E-state index in [-0.39, 0.29) is 5.91 Å². The molecule has 0 saturated carbocycles. The van der Waals surface area contributed by atoms with Crippen molar-refractivity contribution in [2.24, 2.45) is 7.05 Å². The van der Waals surface area contributed by atoms with Crippen LogP contribution in [0.1, 0.15) is 26.7 Å². The Kier molecular flexibility index (Phi) is 6.97. The second kappa shape index (κ2) is 9.27. The van der Waals surface area contributed by atoms with Gasteiger partial charge < -0.3 is 9.47 Å². The lowest BCUT2D eigenvalue weighted by atomic mass is 10.2. The molecule has 1 aromatic carbocycles. The van der Waals surface area contributed by atoms with Gasteiger partial charge >= 0.3 is 0 Å². The number of benzene rings is 1. The lowest BCUT2D eigenvalue weighted by Crippen LogP contribution is -2.31. The molecule has 1 saturated heterocycles. The molecule has 0 atom stereocenters. The van der Waals surface area contributed by atoms with E-state index in [9.17, 15) is 13.2 Å².